The fourth-order valence-corrected chi connectivity index (χ4v) is 2.22. The van der Waals surface area contributed by atoms with Gasteiger partial charge in [0.2, 0.25) is 11.6 Å². The van der Waals surface area contributed by atoms with Crippen LogP contribution in [0.4, 0.5) is 5.82 Å². The van der Waals surface area contributed by atoms with E-state index in [0.29, 0.717) is 24.7 Å². The molecule has 0 aliphatic heterocycles. The highest BCUT2D eigenvalue weighted by molar-refractivity contribution is 9.10. The van der Waals surface area contributed by atoms with E-state index in [9.17, 15) is 4.79 Å². The van der Waals surface area contributed by atoms with E-state index >= 15 is 0 Å². The smallest absolute Gasteiger partial charge is 0.442 e. The first-order valence-electron chi connectivity index (χ1n) is 6.47. The zero-order chi connectivity index (χ0) is 16.2. The Morgan fingerprint density at radius 2 is 2.26 bits per heavy atom. The lowest BCUT2D eigenvalue weighted by Crippen LogP contribution is -2.16. The van der Waals surface area contributed by atoms with Crippen molar-refractivity contribution >= 4 is 28.5 Å². The summed E-state index contributed by atoms with van der Waals surface area (Å²) in [6.07, 6.45) is 1.51. The molecule has 0 amide bonds. The lowest BCUT2D eigenvalue weighted by Gasteiger charge is -2.02. The van der Waals surface area contributed by atoms with E-state index in [0.717, 1.165) is 4.47 Å². The van der Waals surface area contributed by atoms with Crippen molar-refractivity contribution in [2.45, 2.75) is 6.54 Å². The molecule has 0 saturated carbocycles. The van der Waals surface area contributed by atoms with Crippen LogP contribution in [-0.2, 0) is 6.54 Å². The zero-order valence-corrected chi connectivity index (χ0v) is 13.3. The third kappa shape index (κ3) is 3.23. The summed E-state index contributed by atoms with van der Waals surface area (Å²) >= 11 is 3.28. The quantitative estimate of drug-likeness (QED) is 0.480. The molecule has 23 heavy (non-hydrogen) atoms. The van der Waals surface area contributed by atoms with Crippen molar-refractivity contribution in [2.24, 2.45) is 4.99 Å². The molecule has 0 spiro atoms. The lowest BCUT2D eigenvalue weighted by molar-refractivity contribution is 0.309. The predicted octanol–water partition coefficient (Wildman–Crippen LogP) is 1.40. The molecule has 3 rings (SSSR count). The summed E-state index contributed by atoms with van der Waals surface area (Å²) in [6.45, 7) is 4.49. The van der Waals surface area contributed by atoms with Crippen LogP contribution < -0.4 is 11.1 Å². The summed E-state index contributed by atoms with van der Waals surface area (Å²) < 4.78 is 16.8. The molecule has 0 aliphatic carbocycles. The Kier molecular flexibility index (Phi) is 4.37. The summed E-state index contributed by atoms with van der Waals surface area (Å²) in [5.41, 5.74) is 0.255. The Morgan fingerprint density at radius 3 is 3.00 bits per heavy atom. The van der Waals surface area contributed by atoms with Crippen LogP contribution in [-0.4, -0.2) is 39.8 Å². The second-order valence-corrected chi connectivity index (χ2v) is 5.34. The number of hydrogen-bond acceptors (Lipinski definition) is 9. The number of hydrogen-bond donors (Lipinski definition) is 1. The van der Waals surface area contributed by atoms with Gasteiger partial charge < -0.3 is 9.73 Å². The van der Waals surface area contributed by atoms with Crippen molar-refractivity contribution in [3.8, 4) is 11.5 Å². The van der Waals surface area contributed by atoms with Crippen molar-refractivity contribution in [1.29, 1.82) is 0 Å². The van der Waals surface area contributed by atoms with Gasteiger partial charge in [-0.1, -0.05) is 5.16 Å². The molecule has 0 atom stereocenters. The number of nitrogens with zero attached hydrogens (tertiary/aromatic N) is 5. The van der Waals surface area contributed by atoms with Crippen LogP contribution in [0.2, 0.25) is 0 Å². The molecule has 120 valence electrons. The molecular formula is C12H11BrN6O4. The maximum atomic E-state index is 11.9. The summed E-state index contributed by atoms with van der Waals surface area (Å²) in [5, 5.41) is 14.2. The summed E-state index contributed by atoms with van der Waals surface area (Å²) in [7, 11) is 0. The largest absolute Gasteiger partial charge is 0.466 e. The van der Waals surface area contributed by atoms with Gasteiger partial charge >= 0.3 is 5.76 Å². The highest BCUT2D eigenvalue weighted by Gasteiger charge is 2.22. The van der Waals surface area contributed by atoms with Gasteiger partial charge in [-0.25, -0.2) is 14.0 Å². The molecule has 3 aromatic heterocycles. The number of rotatable bonds is 7. The molecule has 0 unspecified atom stereocenters. The highest BCUT2D eigenvalue weighted by Crippen LogP contribution is 2.23. The van der Waals surface area contributed by atoms with Crippen LogP contribution in [0.15, 0.2) is 40.2 Å². The average Bonchev–Trinajstić information content (AvgIpc) is 3.23. The van der Waals surface area contributed by atoms with E-state index < -0.39 is 5.76 Å². The van der Waals surface area contributed by atoms with E-state index in [4.69, 9.17) is 13.6 Å². The number of anilines is 1. The van der Waals surface area contributed by atoms with Gasteiger partial charge in [0.1, 0.15) is 12.0 Å². The molecule has 0 saturated heterocycles. The van der Waals surface area contributed by atoms with Crippen molar-refractivity contribution in [3.05, 3.63) is 33.1 Å². The normalized spacial score (nSPS) is 10.8. The Balaban J connectivity index is 1.90. The standard InChI is InChI=1S/C12H11BrN6O4/c1-14-2-3-15-10-9(16-23-17-10)11-18-22-12(20)19(11)5-8-4-7(13)6-21-8/h4,6H,1-3,5H2,(H,15,17). The van der Waals surface area contributed by atoms with Gasteiger partial charge in [-0.3, -0.25) is 9.52 Å². The minimum Gasteiger partial charge on any atom is -0.466 e. The van der Waals surface area contributed by atoms with Gasteiger partial charge in [0.05, 0.1) is 17.6 Å². The summed E-state index contributed by atoms with van der Waals surface area (Å²) in [5.74, 6) is 0.411. The number of aliphatic imine (C=N–C) groups is 1. The van der Waals surface area contributed by atoms with Crippen LogP contribution in [0, 0.1) is 0 Å². The SMILES string of the molecule is C=NCCNc1nonc1-c1noc(=O)n1Cc1cc(Br)co1. The van der Waals surface area contributed by atoms with Crippen molar-refractivity contribution < 1.29 is 13.6 Å². The van der Waals surface area contributed by atoms with Crippen LogP contribution in [0.25, 0.3) is 11.5 Å². The summed E-state index contributed by atoms with van der Waals surface area (Å²) in [4.78, 5) is 15.6. The van der Waals surface area contributed by atoms with Crippen LogP contribution >= 0.6 is 15.9 Å². The third-order valence-electron chi connectivity index (χ3n) is 2.88. The minimum atomic E-state index is -0.644. The number of nitrogens with one attached hydrogen (secondary N) is 1. The Labute approximate surface area is 137 Å². The molecular weight excluding hydrogens is 372 g/mol. The van der Waals surface area contributed by atoms with E-state index in [2.05, 4.69) is 48.4 Å². The molecule has 1 N–H and O–H groups in total. The Morgan fingerprint density at radius 1 is 1.39 bits per heavy atom. The fraction of sp³-hybridized carbons (Fsp3) is 0.250. The molecule has 0 radical (unpaired) electrons. The second-order valence-electron chi connectivity index (χ2n) is 4.42. The third-order valence-corrected chi connectivity index (χ3v) is 3.30. The van der Waals surface area contributed by atoms with E-state index in [-0.39, 0.29) is 18.1 Å². The molecule has 0 bridgehead atoms. The maximum absolute atomic E-state index is 11.9. The Hall–Kier alpha value is -2.69. The van der Waals surface area contributed by atoms with E-state index in [1.54, 1.807) is 6.07 Å². The first-order valence-corrected chi connectivity index (χ1v) is 7.27. The molecule has 10 nitrogen and oxygen atoms in total. The van der Waals surface area contributed by atoms with Gasteiger partial charge in [0, 0.05) is 6.54 Å². The zero-order valence-electron chi connectivity index (χ0n) is 11.7. The first-order chi connectivity index (χ1) is 11.2. The topological polar surface area (TPSA) is 124 Å². The summed E-state index contributed by atoms with van der Waals surface area (Å²) in [6, 6.07) is 1.74. The van der Waals surface area contributed by atoms with Crippen molar-refractivity contribution in [2.75, 3.05) is 18.4 Å². The average molecular weight is 383 g/mol. The number of furan rings is 1. The highest BCUT2D eigenvalue weighted by atomic mass is 79.9. The van der Waals surface area contributed by atoms with Gasteiger partial charge in [0.25, 0.3) is 0 Å². The van der Waals surface area contributed by atoms with E-state index in [1.807, 2.05) is 0 Å². The molecule has 11 heteroatoms. The lowest BCUT2D eigenvalue weighted by atomic mass is 10.3. The van der Waals surface area contributed by atoms with Gasteiger partial charge in [-0.05, 0) is 39.0 Å². The number of halogens is 1. The van der Waals surface area contributed by atoms with Crippen molar-refractivity contribution in [1.82, 2.24) is 20.0 Å². The van der Waals surface area contributed by atoms with Crippen LogP contribution in [0.5, 0.6) is 0 Å². The molecule has 0 fully saturated rings. The number of aromatic nitrogens is 4. The first kappa shape index (κ1) is 15.2. The molecule has 0 aromatic carbocycles. The second kappa shape index (κ2) is 6.60. The molecule has 3 heterocycles. The fourth-order valence-electron chi connectivity index (χ4n) is 1.87. The minimum absolute atomic E-state index is 0.129. The molecule has 3 aromatic rings. The van der Waals surface area contributed by atoms with Gasteiger partial charge in [-0.15, -0.1) is 0 Å². The Bertz CT molecular complexity index is 863. The van der Waals surface area contributed by atoms with Gasteiger partial charge in [-0.2, -0.15) is 0 Å². The van der Waals surface area contributed by atoms with Crippen LogP contribution in [0.3, 0.4) is 0 Å². The monoisotopic (exact) mass is 382 g/mol. The van der Waals surface area contributed by atoms with E-state index in [1.165, 1.54) is 10.8 Å². The van der Waals surface area contributed by atoms with Crippen LogP contribution in [0.1, 0.15) is 5.76 Å². The predicted molar refractivity (Wildman–Crippen MR) is 82.5 cm³/mol. The van der Waals surface area contributed by atoms with Gasteiger partial charge in [0.15, 0.2) is 5.69 Å². The van der Waals surface area contributed by atoms with Crippen molar-refractivity contribution in [3.63, 3.8) is 0 Å². The molecule has 0 aliphatic rings. The maximum Gasteiger partial charge on any atom is 0.442 e.